The Bertz CT molecular complexity index is 762. The van der Waals surface area contributed by atoms with E-state index < -0.39 is 11.7 Å². The number of nitrogens with one attached hydrogen (secondary N) is 1. The summed E-state index contributed by atoms with van der Waals surface area (Å²) in [6.45, 7) is 5.58. The number of alkyl carbamates (subject to hydrolysis) is 1. The highest BCUT2D eigenvalue weighted by Gasteiger charge is 2.41. The second kappa shape index (κ2) is 7.71. The van der Waals surface area contributed by atoms with Gasteiger partial charge in [-0.3, -0.25) is 4.79 Å². The van der Waals surface area contributed by atoms with Crippen molar-refractivity contribution in [1.82, 2.24) is 5.32 Å². The lowest BCUT2D eigenvalue weighted by Gasteiger charge is -2.43. The fourth-order valence-electron chi connectivity index (χ4n) is 3.58. The minimum absolute atomic E-state index is 0.127. The number of hydrogen-bond acceptors (Lipinski definition) is 3. The van der Waals surface area contributed by atoms with Crippen molar-refractivity contribution in [3.05, 3.63) is 59.2 Å². The van der Waals surface area contributed by atoms with Gasteiger partial charge in [0, 0.05) is 12.0 Å². The lowest BCUT2D eigenvalue weighted by molar-refractivity contribution is 0.0377. The molecule has 0 bridgehead atoms. The van der Waals surface area contributed by atoms with Crippen LogP contribution in [0.15, 0.2) is 48.1 Å². The van der Waals surface area contributed by atoms with Crippen molar-refractivity contribution in [2.45, 2.75) is 70.4 Å². The minimum atomic E-state index is -0.520. The van der Waals surface area contributed by atoms with E-state index in [1.54, 1.807) is 0 Å². The molecule has 0 aliphatic heterocycles. The molecule has 1 fully saturated rings. The van der Waals surface area contributed by atoms with Crippen molar-refractivity contribution in [1.29, 1.82) is 0 Å². The number of hydrogen-bond donors (Lipinski definition) is 1. The van der Waals surface area contributed by atoms with Crippen LogP contribution in [0.1, 0.15) is 75.2 Å². The van der Waals surface area contributed by atoms with Crippen LogP contribution in [0.5, 0.6) is 0 Å². The number of carbonyl (C=O) groups excluding carboxylic acids is 2. The first-order valence-corrected chi connectivity index (χ1v) is 9.78. The zero-order valence-electron chi connectivity index (χ0n) is 16.5. The highest BCUT2D eigenvalue weighted by Crippen LogP contribution is 2.41. The van der Waals surface area contributed by atoms with E-state index in [-0.39, 0.29) is 11.3 Å². The summed E-state index contributed by atoms with van der Waals surface area (Å²) in [7, 11) is 0. The van der Waals surface area contributed by atoms with Gasteiger partial charge in [0.05, 0.1) is 5.54 Å². The number of allylic oxidation sites excluding steroid dienone is 4. The standard InChI is InChI=1S/C23H29NO3/c1-22(2,3)27-21(26)24-23(14-7-15-23)19-12-10-18(11-13-19)20(25)16-17-8-5-4-6-9-17/h5,8-13H,4,6-7,14-16H2,1-3H3,(H,24,26). The second-order valence-corrected chi connectivity index (χ2v) is 8.50. The van der Waals surface area contributed by atoms with Crippen LogP contribution in [0.25, 0.3) is 0 Å². The van der Waals surface area contributed by atoms with Crippen molar-refractivity contribution >= 4 is 11.9 Å². The predicted molar refractivity (Wildman–Crippen MR) is 107 cm³/mol. The number of benzene rings is 1. The highest BCUT2D eigenvalue weighted by molar-refractivity contribution is 5.97. The molecule has 0 atom stereocenters. The lowest BCUT2D eigenvalue weighted by Crippen LogP contribution is -2.52. The fourth-order valence-corrected chi connectivity index (χ4v) is 3.58. The summed E-state index contributed by atoms with van der Waals surface area (Å²) in [6, 6.07) is 7.69. The predicted octanol–water partition coefficient (Wildman–Crippen LogP) is 5.44. The Morgan fingerprint density at radius 2 is 1.81 bits per heavy atom. The zero-order valence-corrected chi connectivity index (χ0v) is 16.5. The summed E-state index contributed by atoms with van der Waals surface area (Å²) in [5, 5.41) is 3.05. The quantitative estimate of drug-likeness (QED) is 0.705. The maximum atomic E-state index is 12.5. The molecule has 4 nitrogen and oxygen atoms in total. The molecule has 4 heteroatoms. The molecule has 144 valence electrons. The van der Waals surface area contributed by atoms with E-state index in [1.165, 1.54) is 0 Å². The zero-order chi connectivity index (χ0) is 19.5. The van der Waals surface area contributed by atoms with Gasteiger partial charge in [0.2, 0.25) is 0 Å². The Morgan fingerprint density at radius 3 is 2.33 bits per heavy atom. The second-order valence-electron chi connectivity index (χ2n) is 8.50. The van der Waals surface area contributed by atoms with E-state index in [2.05, 4.69) is 17.5 Å². The molecule has 1 N–H and O–H groups in total. The van der Waals surface area contributed by atoms with E-state index in [0.717, 1.165) is 43.2 Å². The number of Topliss-reactive ketones (excluding diaryl/α,β-unsaturated/α-hetero) is 1. The molecule has 1 amide bonds. The van der Waals surface area contributed by atoms with Gasteiger partial charge in [-0.05, 0) is 64.0 Å². The van der Waals surface area contributed by atoms with Gasteiger partial charge in [-0.1, -0.05) is 42.5 Å². The summed E-state index contributed by atoms with van der Waals surface area (Å²) in [6.07, 6.45) is 11.3. The average molecular weight is 367 g/mol. The van der Waals surface area contributed by atoms with E-state index in [4.69, 9.17) is 4.74 Å². The largest absolute Gasteiger partial charge is 0.444 e. The van der Waals surface area contributed by atoms with Crippen LogP contribution in [0.2, 0.25) is 0 Å². The van der Waals surface area contributed by atoms with E-state index in [1.807, 2.05) is 51.1 Å². The van der Waals surface area contributed by atoms with Gasteiger partial charge < -0.3 is 10.1 Å². The molecule has 27 heavy (non-hydrogen) atoms. The maximum Gasteiger partial charge on any atom is 0.408 e. The number of ketones is 1. The van der Waals surface area contributed by atoms with Gasteiger partial charge in [0.15, 0.2) is 5.78 Å². The van der Waals surface area contributed by atoms with Crippen LogP contribution in [0.3, 0.4) is 0 Å². The molecule has 0 radical (unpaired) electrons. The Morgan fingerprint density at radius 1 is 1.11 bits per heavy atom. The van der Waals surface area contributed by atoms with E-state index >= 15 is 0 Å². The van der Waals surface area contributed by atoms with Crippen molar-refractivity contribution in [3.63, 3.8) is 0 Å². The lowest BCUT2D eigenvalue weighted by atomic mass is 9.71. The molecular weight excluding hydrogens is 338 g/mol. The Kier molecular flexibility index (Phi) is 5.54. The monoisotopic (exact) mass is 367 g/mol. The minimum Gasteiger partial charge on any atom is -0.444 e. The van der Waals surface area contributed by atoms with E-state index in [9.17, 15) is 9.59 Å². The van der Waals surface area contributed by atoms with Crippen LogP contribution in [0, 0.1) is 0 Å². The Labute approximate surface area is 161 Å². The molecular formula is C23H29NO3. The molecule has 1 aromatic rings. The highest BCUT2D eigenvalue weighted by atomic mass is 16.6. The number of carbonyl (C=O) groups is 2. The van der Waals surface area contributed by atoms with Crippen molar-refractivity contribution < 1.29 is 14.3 Å². The van der Waals surface area contributed by atoms with Gasteiger partial charge in [-0.15, -0.1) is 0 Å². The molecule has 0 aromatic heterocycles. The smallest absolute Gasteiger partial charge is 0.408 e. The van der Waals surface area contributed by atoms with Crippen molar-refractivity contribution in [2.24, 2.45) is 0 Å². The summed E-state index contributed by atoms with van der Waals surface area (Å²) < 4.78 is 5.42. The number of rotatable bonds is 5. The average Bonchev–Trinajstić information content (AvgIpc) is 2.58. The van der Waals surface area contributed by atoms with Crippen LogP contribution >= 0.6 is 0 Å². The third kappa shape index (κ3) is 4.88. The summed E-state index contributed by atoms with van der Waals surface area (Å²) in [4.78, 5) is 24.8. The van der Waals surface area contributed by atoms with Gasteiger partial charge in [-0.25, -0.2) is 4.79 Å². The normalized spacial score (nSPS) is 18.3. The number of ether oxygens (including phenoxy) is 1. The molecule has 1 aromatic carbocycles. The SMILES string of the molecule is CC(C)(C)OC(=O)NC1(c2ccc(C(=O)CC3=CCCC=C3)cc2)CCC1. The summed E-state index contributed by atoms with van der Waals surface area (Å²) in [5.41, 5.74) is 1.95. The van der Waals surface area contributed by atoms with Crippen molar-refractivity contribution in [3.8, 4) is 0 Å². The third-order valence-electron chi connectivity index (χ3n) is 5.14. The molecule has 0 unspecified atom stereocenters. The first kappa shape index (κ1) is 19.4. The summed E-state index contributed by atoms with van der Waals surface area (Å²) in [5.74, 6) is 0.127. The maximum absolute atomic E-state index is 12.5. The topological polar surface area (TPSA) is 55.4 Å². The van der Waals surface area contributed by atoms with Crippen LogP contribution in [-0.2, 0) is 10.3 Å². The molecule has 0 heterocycles. The molecule has 2 aliphatic carbocycles. The first-order chi connectivity index (χ1) is 12.8. The van der Waals surface area contributed by atoms with Gasteiger partial charge in [0.1, 0.15) is 5.60 Å². The molecule has 3 rings (SSSR count). The number of amides is 1. The van der Waals surface area contributed by atoms with Gasteiger partial charge in [0.25, 0.3) is 0 Å². The van der Waals surface area contributed by atoms with Crippen LogP contribution in [0.4, 0.5) is 4.79 Å². The van der Waals surface area contributed by atoms with E-state index in [0.29, 0.717) is 12.0 Å². The van der Waals surface area contributed by atoms with Gasteiger partial charge >= 0.3 is 6.09 Å². The molecule has 0 saturated heterocycles. The molecule has 0 spiro atoms. The fraction of sp³-hybridized carbons (Fsp3) is 0.478. The Balaban J connectivity index is 1.67. The summed E-state index contributed by atoms with van der Waals surface area (Å²) >= 11 is 0. The molecule has 1 saturated carbocycles. The van der Waals surface area contributed by atoms with Crippen LogP contribution in [-0.4, -0.2) is 17.5 Å². The Hall–Kier alpha value is -2.36. The molecule has 2 aliphatic rings. The van der Waals surface area contributed by atoms with Gasteiger partial charge in [-0.2, -0.15) is 0 Å². The third-order valence-corrected chi connectivity index (χ3v) is 5.14. The van der Waals surface area contributed by atoms with Crippen LogP contribution < -0.4 is 5.32 Å². The first-order valence-electron chi connectivity index (χ1n) is 9.78. The van der Waals surface area contributed by atoms with Crippen molar-refractivity contribution in [2.75, 3.05) is 0 Å².